The minimum atomic E-state index is -1.17. The Morgan fingerprint density at radius 2 is 2.09 bits per heavy atom. The summed E-state index contributed by atoms with van der Waals surface area (Å²) in [6.45, 7) is 0. The van der Waals surface area contributed by atoms with Crippen LogP contribution in [0.1, 0.15) is 12.0 Å². The molecule has 0 spiro atoms. The lowest BCUT2D eigenvalue weighted by Crippen LogP contribution is -2.39. The van der Waals surface area contributed by atoms with E-state index in [4.69, 9.17) is 0 Å². The molecule has 108 valence electrons. The van der Waals surface area contributed by atoms with Crippen LogP contribution < -0.4 is 10.4 Å². The van der Waals surface area contributed by atoms with Crippen LogP contribution in [0.15, 0.2) is 36.5 Å². The number of nitrogens with zero attached hydrogens (tertiary/aromatic N) is 2. The fourth-order valence-electron chi connectivity index (χ4n) is 4.47. The van der Waals surface area contributed by atoms with Gasteiger partial charge in [-0.15, -0.1) is 0 Å². The Hall–Kier alpha value is -2.62. The lowest BCUT2D eigenvalue weighted by molar-refractivity contribution is -0.294. The predicted octanol–water partition coefficient (Wildman–Crippen LogP) is 2.36. The molecule has 1 aliphatic carbocycles. The second-order valence-corrected chi connectivity index (χ2v) is 6.47. The third kappa shape index (κ3) is 1.25. The highest BCUT2D eigenvalue weighted by atomic mass is 19.1. The van der Waals surface area contributed by atoms with Crippen LogP contribution in [0.25, 0.3) is 34.2 Å². The van der Waals surface area contributed by atoms with E-state index in [-0.39, 0.29) is 0 Å². The number of aromatic nitrogens is 1. The summed E-state index contributed by atoms with van der Waals surface area (Å²) in [5, 5.41) is 5.05. The Morgan fingerprint density at radius 3 is 3.04 bits per heavy atom. The Bertz CT molecular complexity index is 1190. The van der Waals surface area contributed by atoms with Crippen LogP contribution in [0.2, 0.25) is 0 Å². The predicted molar refractivity (Wildman–Crippen MR) is 92.1 cm³/mol. The summed E-state index contributed by atoms with van der Waals surface area (Å²) in [7, 11) is -1.17. The maximum absolute atomic E-state index is 14.9. The van der Waals surface area contributed by atoms with Crippen molar-refractivity contribution < 1.29 is 8.80 Å². The van der Waals surface area contributed by atoms with Gasteiger partial charge in [-0.1, -0.05) is 24.3 Å². The zero-order valence-corrected chi connectivity index (χ0v) is 12.5. The van der Waals surface area contributed by atoms with E-state index in [1.807, 2.05) is 24.5 Å². The molecule has 3 aromatic rings. The maximum atomic E-state index is 14.9. The summed E-state index contributed by atoms with van der Waals surface area (Å²) in [5.41, 5.74) is 4.58. The normalized spacial score (nSPS) is 16.6. The highest BCUT2D eigenvalue weighted by Crippen LogP contribution is 2.40. The molecule has 0 saturated carbocycles. The van der Waals surface area contributed by atoms with Crippen LogP contribution in [0.5, 0.6) is 0 Å². The smallest absolute Gasteiger partial charge is 0.293 e. The first kappa shape index (κ1) is 11.9. The molecule has 4 heteroatoms. The van der Waals surface area contributed by atoms with Gasteiger partial charge in [0.05, 0.1) is 16.5 Å². The van der Waals surface area contributed by atoms with Crippen molar-refractivity contribution in [1.29, 1.82) is 0 Å². The van der Waals surface area contributed by atoms with Crippen LogP contribution in [0.3, 0.4) is 0 Å². The fourth-order valence-corrected chi connectivity index (χ4v) is 4.47. The molecule has 3 heterocycles. The molecule has 0 amide bonds. The molecule has 0 radical (unpaired) electrons. The molecule has 2 aromatic carbocycles. The summed E-state index contributed by atoms with van der Waals surface area (Å²) >= 11 is 0. The minimum Gasteiger partial charge on any atom is -0.293 e. The molecular weight excluding hydrogens is 286 g/mol. The van der Waals surface area contributed by atoms with Gasteiger partial charge in [-0.2, -0.15) is 0 Å². The van der Waals surface area contributed by atoms with Gasteiger partial charge in [-0.3, -0.25) is 4.48 Å². The molecule has 1 aromatic heterocycles. The molecule has 0 atom stereocenters. The largest absolute Gasteiger partial charge is 0.845 e. The second kappa shape index (κ2) is 3.83. The lowest BCUT2D eigenvalue weighted by Gasteiger charge is -2.21. The summed E-state index contributed by atoms with van der Waals surface area (Å²) in [4.78, 5) is 0. The second-order valence-electron chi connectivity index (χ2n) is 6.47. The van der Waals surface area contributed by atoms with Crippen molar-refractivity contribution in [2.24, 2.45) is 0 Å². The van der Waals surface area contributed by atoms with Gasteiger partial charge < -0.3 is 0 Å². The Labute approximate surface area is 132 Å². The zero-order chi connectivity index (χ0) is 15.1. The number of benzene rings is 2. The van der Waals surface area contributed by atoms with Gasteiger partial charge in [0.25, 0.3) is 0 Å². The standard InChI is InChI=1S/C19H13BFN2/c21-20-22-10-3-8-16(22)18-15-7-2-5-12-4-1-6-13(17(12)15)14-9-11-23(20)19(14)18/h2-3,5-11H,1,4H2/q+1. The van der Waals surface area contributed by atoms with Crippen molar-refractivity contribution in [1.82, 2.24) is 4.48 Å². The Morgan fingerprint density at radius 1 is 1.13 bits per heavy atom. The molecule has 0 unspecified atom stereocenters. The maximum Gasteiger partial charge on any atom is 0.845 e. The van der Waals surface area contributed by atoms with Crippen molar-refractivity contribution in [2.45, 2.75) is 12.8 Å². The molecule has 0 saturated heterocycles. The van der Waals surface area contributed by atoms with Crippen molar-refractivity contribution in [3.8, 4) is 11.3 Å². The third-order valence-corrected chi connectivity index (χ3v) is 5.39. The average Bonchev–Trinajstić information content (AvgIpc) is 3.22. The number of halogens is 1. The van der Waals surface area contributed by atoms with E-state index >= 15 is 0 Å². The van der Waals surface area contributed by atoms with E-state index in [0.29, 0.717) is 0 Å². The van der Waals surface area contributed by atoms with Gasteiger partial charge >= 0.3 is 7.26 Å². The van der Waals surface area contributed by atoms with Gasteiger partial charge in [-0.05, 0) is 46.5 Å². The first-order valence-electron chi connectivity index (χ1n) is 8.07. The van der Waals surface area contributed by atoms with E-state index < -0.39 is 7.26 Å². The van der Waals surface area contributed by atoms with E-state index in [1.165, 1.54) is 32.3 Å². The van der Waals surface area contributed by atoms with Gasteiger partial charge in [-0.25, -0.2) is 8.80 Å². The summed E-state index contributed by atoms with van der Waals surface area (Å²) < 4.78 is 18.4. The SMILES string of the molecule is FB1n2cccc2-c2c3c(c4c5c(cccc25)CCC=4)=CC=[N+]13. The highest BCUT2D eigenvalue weighted by Gasteiger charge is 2.47. The highest BCUT2D eigenvalue weighted by molar-refractivity contribution is 6.44. The molecule has 3 aliphatic rings. The summed E-state index contributed by atoms with van der Waals surface area (Å²) in [5.74, 6) is 0. The number of aryl methyl sites for hydroxylation is 1. The first-order chi connectivity index (χ1) is 11.3. The van der Waals surface area contributed by atoms with E-state index in [1.54, 1.807) is 8.96 Å². The third-order valence-electron chi connectivity index (χ3n) is 5.39. The molecular formula is C19H13BFN2+. The van der Waals surface area contributed by atoms with Crippen molar-refractivity contribution in [3.05, 3.63) is 52.5 Å². The number of rotatable bonds is 0. The van der Waals surface area contributed by atoms with Crippen LogP contribution in [0.4, 0.5) is 10.0 Å². The molecule has 0 bridgehead atoms. The van der Waals surface area contributed by atoms with E-state index in [2.05, 4.69) is 30.4 Å². The van der Waals surface area contributed by atoms with Crippen LogP contribution in [-0.2, 0) is 6.42 Å². The monoisotopic (exact) mass is 299 g/mol. The van der Waals surface area contributed by atoms with Gasteiger partial charge in [0.15, 0.2) is 0 Å². The summed E-state index contributed by atoms with van der Waals surface area (Å²) in [6.07, 6.45) is 10.3. The van der Waals surface area contributed by atoms with Gasteiger partial charge in [0.1, 0.15) is 6.21 Å². The molecule has 0 N–H and O–H groups in total. The van der Waals surface area contributed by atoms with Gasteiger partial charge in [0, 0.05) is 12.3 Å². The number of hydrogen-bond donors (Lipinski definition) is 0. The molecule has 23 heavy (non-hydrogen) atoms. The van der Waals surface area contributed by atoms with Crippen molar-refractivity contribution in [3.63, 3.8) is 0 Å². The molecule has 6 rings (SSSR count). The fraction of sp³-hybridized carbons (Fsp3) is 0.105. The van der Waals surface area contributed by atoms with Crippen LogP contribution >= 0.6 is 0 Å². The average molecular weight is 299 g/mol. The molecule has 0 fully saturated rings. The van der Waals surface area contributed by atoms with Crippen molar-refractivity contribution >= 4 is 42.1 Å². The van der Waals surface area contributed by atoms with Crippen LogP contribution in [0, 0.1) is 0 Å². The molecule has 2 aliphatic heterocycles. The van der Waals surface area contributed by atoms with E-state index in [0.717, 1.165) is 24.2 Å². The quantitative estimate of drug-likeness (QED) is 0.563. The number of hydrogen-bond acceptors (Lipinski definition) is 0. The zero-order valence-electron chi connectivity index (χ0n) is 12.5. The topological polar surface area (TPSA) is 7.94 Å². The number of fused-ring (bicyclic) bond motifs is 4. The van der Waals surface area contributed by atoms with Gasteiger partial charge in [0.2, 0.25) is 5.69 Å². The van der Waals surface area contributed by atoms with Crippen LogP contribution in [-0.4, -0.2) is 22.4 Å². The first-order valence-corrected chi connectivity index (χ1v) is 8.07. The van der Waals surface area contributed by atoms with Crippen molar-refractivity contribution in [2.75, 3.05) is 0 Å². The molecule has 2 nitrogen and oxygen atoms in total. The Kier molecular flexibility index (Phi) is 1.98. The summed E-state index contributed by atoms with van der Waals surface area (Å²) in [6, 6.07) is 10.5. The Balaban J connectivity index is 1.96. The minimum absolute atomic E-state index is 0.975. The van der Waals surface area contributed by atoms with E-state index in [9.17, 15) is 4.32 Å². The lowest BCUT2D eigenvalue weighted by atomic mass is 9.85.